The van der Waals surface area contributed by atoms with E-state index < -0.39 is 47.0 Å². The van der Waals surface area contributed by atoms with Gasteiger partial charge in [-0.1, -0.05) is 28.1 Å². The Bertz CT molecular complexity index is 1690. The summed E-state index contributed by atoms with van der Waals surface area (Å²) in [6.45, 7) is 4.14. The summed E-state index contributed by atoms with van der Waals surface area (Å²) in [6, 6.07) is 4.64. The molecule has 0 saturated carbocycles. The Morgan fingerprint density at radius 1 is 1.35 bits per heavy atom. The Hall–Kier alpha value is -3.15. The molecule has 3 atom stereocenters. The molecule has 1 fully saturated rings. The number of hydrogen-bond acceptors (Lipinski definition) is 12. The summed E-state index contributed by atoms with van der Waals surface area (Å²) in [5, 5.41) is 28.7. The van der Waals surface area contributed by atoms with E-state index >= 15 is 0 Å². The number of aliphatic carboxylic acids is 2. The minimum atomic E-state index is -1.58. The molecule has 0 spiro atoms. The number of amides is 2. The van der Waals surface area contributed by atoms with E-state index in [9.17, 15) is 29.4 Å². The molecular formula is C25H23ClN7NaO7S2. The monoisotopic (exact) mass is 655 g/mol. The van der Waals surface area contributed by atoms with Crippen molar-refractivity contribution in [3.63, 3.8) is 0 Å². The van der Waals surface area contributed by atoms with Gasteiger partial charge in [-0.2, -0.15) is 4.57 Å². The zero-order chi connectivity index (χ0) is 30.3. The molecule has 1 saturated heterocycles. The van der Waals surface area contributed by atoms with Gasteiger partial charge in [0.25, 0.3) is 11.8 Å². The number of nitrogen functional groups attached to an aromatic ring is 1. The van der Waals surface area contributed by atoms with Crippen molar-refractivity contribution in [2.24, 2.45) is 5.16 Å². The van der Waals surface area contributed by atoms with Crippen LogP contribution in [0.15, 0.2) is 47.0 Å². The van der Waals surface area contributed by atoms with Crippen molar-refractivity contribution in [3.05, 3.63) is 51.9 Å². The number of anilines is 1. The van der Waals surface area contributed by atoms with Gasteiger partial charge < -0.3 is 40.3 Å². The van der Waals surface area contributed by atoms with Crippen molar-refractivity contribution < 1.29 is 68.4 Å². The first kappa shape index (κ1) is 32.8. The number of carboxylic acid groups (broad SMARTS) is 2. The maximum Gasteiger partial charge on any atom is 1.00 e. The molecule has 3 aromatic rings. The van der Waals surface area contributed by atoms with Crippen molar-refractivity contribution in [1.82, 2.24) is 19.8 Å². The summed E-state index contributed by atoms with van der Waals surface area (Å²) in [6.07, 6.45) is 2.26. The first-order chi connectivity index (χ1) is 20.0. The van der Waals surface area contributed by atoms with Crippen LogP contribution in [0.1, 0.15) is 19.5 Å². The Kier molecular flexibility index (Phi) is 10.1. The summed E-state index contributed by atoms with van der Waals surface area (Å²) in [4.78, 5) is 59.7. The first-order valence-electron chi connectivity index (χ1n) is 12.5. The van der Waals surface area contributed by atoms with Gasteiger partial charge in [-0.05, 0) is 19.9 Å². The standard InChI is InChI=1S/C25H24ClN7O7S2.Na/c1-3-31-8-6-14-13(31)5-4-7-32(14)9-12-10-41-22-17(21(35)33(22)18(12)24(38)39)28-20(34)16(30-40-11(2)23(36)37)15-19(26)42-25(27)29-15;/h4-8,11,17,22H,3,9-10H2,1-2H3,(H4-,27,28,29,34,36,37,38,39);/q;+1/p-1/b30-16-;/t11-,17+,22?;/m0./s1. The second kappa shape index (κ2) is 13.2. The molecule has 2 aliphatic rings. The third kappa shape index (κ3) is 6.25. The van der Waals surface area contributed by atoms with Gasteiger partial charge >= 0.3 is 29.6 Å². The molecule has 0 aliphatic carbocycles. The van der Waals surface area contributed by atoms with E-state index in [1.54, 1.807) is 0 Å². The van der Waals surface area contributed by atoms with Crippen LogP contribution in [0.5, 0.6) is 0 Å². The Morgan fingerprint density at radius 2 is 2.09 bits per heavy atom. The Morgan fingerprint density at radius 3 is 2.72 bits per heavy atom. The average Bonchev–Trinajstić information content (AvgIpc) is 3.53. The molecule has 0 radical (unpaired) electrons. The fourth-order valence-electron chi connectivity index (χ4n) is 4.67. The number of pyridine rings is 1. The van der Waals surface area contributed by atoms with E-state index in [1.807, 2.05) is 42.1 Å². The number of rotatable bonds is 10. The molecule has 43 heavy (non-hydrogen) atoms. The summed E-state index contributed by atoms with van der Waals surface area (Å²) in [5.74, 6) is -4.47. The number of carboxylic acids is 2. The molecule has 1 unspecified atom stereocenters. The Labute approximate surface area is 279 Å². The van der Waals surface area contributed by atoms with E-state index in [-0.39, 0.29) is 62.7 Å². The van der Waals surface area contributed by atoms with E-state index in [1.165, 1.54) is 11.8 Å². The molecular weight excluding hydrogens is 633 g/mol. The van der Waals surface area contributed by atoms with Crippen LogP contribution in [0, 0.1) is 0 Å². The van der Waals surface area contributed by atoms with Gasteiger partial charge in [-0.25, -0.2) is 4.98 Å². The zero-order valence-corrected chi connectivity index (χ0v) is 27.5. The number of thioether (sulfide) groups is 1. The third-order valence-corrected chi connectivity index (χ3v) is 9.14. The predicted molar refractivity (Wildman–Crippen MR) is 148 cm³/mol. The minimum absolute atomic E-state index is 0. The molecule has 3 N–H and O–H groups in total. The van der Waals surface area contributed by atoms with Crippen LogP contribution in [-0.2, 0) is 37.1 Å². The average molecular weight is 656 g/mol. The fourth-order valence-corrected chi connectivity index (χ4v) is 6.93. The molecule has 220 valence electrons. The van der Waals surface area contributed by atoms with Gasteiger partial charge in [0.2, 0.25) is 5.52 Å². The van der Waals surface area contributed by atoms with Crippen molar-refractivity contribution in [1.29, 1.82) is 0 Å². The zero-order valence-electron chi connectivity index (χ0n) is 23.1. The smallest absolute Gasteiger partial charge is 0.546 e. The van der Waals surface area contributed by atoms with E-state index in [4.69, 9.17) is 22.2 Å². The molecule has 18 heteroatoms. The van der Waals surface area contributed by atoms with Gasteiger partial charge in [-0.3, -0.25) is 14.5 Å². The topological polar surface area (TPSA) is 199 Å². The number of hydrogen-bond donors (Lipinski definition) is 2. The number of aryl methyl sites for hydroxylation is 1. The quantitative estimate of drug-likeness (QED) is 0.0707. The minimum Gasteiger partial charge on any atom is -0.546 e. The predicted octanol–water partition coefficient (Wildman–Crippen LogP) is -4.39. The molecule has 3 aromatic heterocycles. The second-order valence-corrected chi connectivity index (χ2v) is 12.0. The number of carbonyl (C=O) groups excluding carboxylic acids is 4. The van der Waals surface area contributed by atoms with Crippen molar-refractivity contribution in [2.75, 3.05) is 11.5 Å². The van der Waals surface area contributed by atoms with Crippen LogP contribution < -0.4 is 55.4 Å². The number of carbonyl (C=O) groups is 4. The third-order valence-electron chi connectivity index (χ3n) is 6.72. The molecule has 0 aromatic carbocycles. The van der Waals surface area contributed by atoms with Crippen LogP contribution in [0.25, 0.3) is 11.0 Å². The number of β-lactam (4-membered cyclic amide) rings is 1. The number of nitrogens with one attached hydrogen (secondary N) is 1. The van der Waals surface area contributed by atoms with Crippen LogP contribution >= 0.6 is 34.7 Å². The van der Waals surface area contributed by atoms with E-state index in [0.29, 0.717) is 5.57 Å². The van der Waals surface area contributed by atoms with E-state index in [0.717, 1.165) is 40.7 Å². The van der Waals surface area contributed by atoms with Crippen molar-refractivity contribution >= 4 is 80.3 Å². The van der Waals surface area contributed by atoms with Gasteiger partial charge in [0.05, 0.1) is 17.6 Å². The number of oxime groups is 1. The largest absolute Gasteiger partial charge is 1.00 e. The maximum absolute atomic E-state index is 13.2. The van der Waals surface area contributed by atoms with Crippen molar-refractivity contribution in [2.45, 2.75) is 44.5 Å². The number of thiazole rings is 1. The number of nitrogens with two attached hydrogens (primary N) is 1. The van der Waals surface area contributed by atoms with Crippen molar-refractivity contribution in [3.8, 4) is 0 Å². The number of fused-ring (bicyclic) bond motifs is 2. The maximum atomic E-state index is 13.2. The fraction of sp³-hybridized carbons (Fsp3) is 0.320. The SMILES string of the molecule is CCn1ccc2c1ccc[n+]2CC1=C(C(=O)[O-])N2C(=O)[C@@H](NC(=O)/C(=N\O[C@@H](C)C(=O)[O-])c3nc(N)sc3Cl)C2SC1.[Na+]. The summed E-state index contributed by atoms with van der Waals surface area (Å²) in [5.41, 5.74) is 7.10. The summed E-state index contributed by atoms with van der Waals surface area (Å²) < 4.78 is 3.95. The Balaban J connectivity index is 0.00000423. The summed E-state index contributed by atoms with van der Waals surface area (Å²) >= 11 is 8.26. The van der Waals surface area contributed by atoms with Crippen LogP contribution in [0.3, 0.4) is 0 Å². The molecule has 5 rings (SSSR count). The van der Waals surface area contributed by atoms with Gasteiger partial charge in [0, 0.05) is 36.2 Å². The molecule has 2 amide bonds. The van der Waals surface area contributed by atoms with Crippen LogP contribution in [0.4, 0.5) is 5.13 Å². The van der Waals surface area contributed by atoms with Gasteiger partial charge in [-0.15, -0.1) is 11.8 Å². The number of aromatic nitrogens is 3. The van der Waals surface area contributed by atoms with Gasteiger partial charge in [0.15, 0.2) is 29.7 Å². The number of halogens is 1. The molecule has 2 aliphatic heterocycles. The van der Waals surface area contributed by atoms with Crippen LogP contribution in [0.2, 0.25) is 4.34 Å². The molecule has 0 bridgehead atoms. The molecule has 14 nitrogen and oxygen atoms in total. The second-order valence-electron chi connectivity index (χ2n) is 9.29. The van der Waals surface area contributed by atoms with E-state index in [2.05, 4.69) is 20.0 Å². The summed E-state index contributed by atoms with van der Waals surface area (Å²) in [7, 11) is 0. The van der Waals surface area contributed by atoms with Crippen LogP contribution in [-0.4, -0.2) is 67.2 Å². The first-order valence-corrected chi connectivity index (χ1v) is 14.8. The van der Waals surface area contributed by atoms with Gasteiger partial charge in [0.1, 0.15) is 27.0 Å². The molecule has 5 heterocycles. The number of nitrogens with zero attached hydrogens (tertiary/aromatic N) is 5. The normalized spacial score (nSPS) is 18.9.